The minimum Gasteiger partial charge on any atom is -0.481 e. The lowest BCUT2D eigenvalue weighted by Gasteiger charge is -2.19. The fourth-order valence-corrected chi connectivity index (χ4v) is 2.33. The number of nitrogens with one attached hydrogen (secondary N) is 1. The van der Waals surface area contributed by atoms with Gasteiger partial charge in [0.15, 0.2) is 0 Å². The number of ether oxygens (including phenoxy) is 2. The molecule has 1 amide bonds. The summed E-state index contributed by atoms with van der Waals surface area (Å²) in [4.78, 5) is 22.3. The molecule has 0 saturated heterocycles. The molecule has 0 aromatic carbocycles. The van der Waals surface area contributed by atoms with Crippen LogP contribution >= 0.6 is 0 Å². The number of amides is 1. The molecule has 1 aliphatic carbocycles. The molecule has 0 bridgehead atoms. The first-order chi connectivity index (χ1) is 11.3. The molecular formula is C16H25N3O5. The second-order valence-electron chi connectivity index (χ2n) is 6.86. The standard InChI is InChI=1S/C16H25N3O5/c1-16(2,3)24-15(22)17-4-6-23-7-5-19-10-11(9-18-19)12-8-13(12)14(20)21/h9-10,12-13H,4-8H2,1-3H3,(H,17,22)(H,20,21)/t12-,13+/m1/s1. The van der Waals surface area contributed by atoms with Gasteiger partial charge in [-0.15, -0.1) is 0 Å². The lowest BCUT2D eigenvalue weighted by atomic mass is 10.2. The summed E-state index contributed by atoms with van der Waals surface area (Å²) in [5.41, 5.74) is 0.457. The Bertz CT molecular complexity index is 579. The minimum atomic E-state index is -0.742. The number of aromatic nitrogens is 2. The maximum atomic E-state index is 11.4. The molecule has 1 aromatic rings. The molecule has 2 atom stereocenters. The normalized spacial score (nSPS) is 19.8. The molecular weight excluding hydrogens is 314 g/mol. The van der Waals surface area contributed by atoms with E-state index in [1.807, 2.05) is 27.0 Å². The molecule has 1 aliphatic rings. The molecule has 0 spiro atoms. The van der Waals surface area contributed by atoms with Gasteiger partial charge in [0.2, 0.25) is 0 Å². The van der Waals surface area contributed by atoms with Gasteiger partial charge in [-0.1, -0.05) is 0 Å². The van der Waals surface area contributed by atoms with E-state index in [1.165, 1.54) is 0 Å². The largest absolute Gasteiger partial charge is 0.481 e. The van der Waals surface area contributed by atoms with Crippen LogP contribution in [0.3, 0.4) is 0 Å². The fourth-order valence-electron chi connectivity index (χ4n) is 2.33. The summed E-state index contributed by atoms with van der Waals surface area (Å²) in [5.74, 6) is -0.915. The topological polar surface area (TPSA) is 103 Å². The molecule has 0 unspecified atom stereocenters. The van der Waals surface area contributed by atoms with E-state index in [0.29, 0.717) is 32.7 Å². The first-order valence-corrected chi connectivity index (χ1v) is 8.06. The van der Waals surface area contributed by atoms with Gasteiger partial charge in [0.25, 0.3) is 0 Å². The molecule has 1 fully saturated rings. The van der Waals surface area contributed by atoms with Crippen LogP contribution in [0.5, 0.6) is 0 Å². The van der Waals surface area contributed by atoms with Crippen LogP contribution in [0.25, 0.3) is 0 Å². The molecule has 2 N–H and O–H groups in total. The Morgan fingerprint density at radius 2 is 2.17 bits per heavy atom. The molecule has 8 nitrogen and oxygen atoms in total. The van der Waals surface area contributed by atoms with E-state index in [1.54, 1.807) is 10.9 Å². The van der Waals surface area contributed by atoms with E-state index in [4.69, 9.17) is 14.6 Å². The van der Waals surface area contributed by atoms with Gasteiger partial charge >= 0.3 is 12.1 Å². The van der Waals surface area contributed by atoms with Crippen molar-refractivity contribution >= 4 is 12.1 Å². The Balaban J connectivity index is 1.56. The highest BCUT2D eigenvalue weighted by molar-refractivity contribution is 5.75. The number of aliphatic carboxylic acids is 1. The van der Waals surface area contributed by atoms with Crippen LogP contribution in [0.4, 0.5) is 4.79 Å². The number of carbonyl (C=O) groups excluding carboxylic acids is 1. The van der Waals surface area contributed by atoms with Crippen LogP contribution in [0.1, 0.15) is 38.7 Å². The minimum absolute atomic E-state index is 0.0928. The van der Waals surface area contributed by atoms with Gasteiger partial charge in [-0.25, -0.2) is 4.79 Å². The first kappa shape index (κ1) is 18.3. The number of carbonyl (C=O) groups is 2. The Kier molecular flexibility index (Phi) is 5.82. The third-order valence-electron chi connectivity index (χ3n) is 3.57. The molecule has 1 saturated carbocycles. The SMILES string of the molecule is CC(C)(C)OC(=O)NCCOCCn1cc([C@H]2C[C@@H]2C(=O)O)cn1. The summed E-state index contributed by atoms with van der Waals surface area (Å²) in [7, 11) is 0. The smallest absolute Gasteiger partial charge is 0.407 e. The molecule has 0 radical (unpaired) electrons. The Morgan fingerprint density at radius 1 is 1.42 bits per heavy atom. The second-order valence-corrected chi connectivity index (χ2v) is 6.86. The van der Waals surface area contributed by atoms with E-state index in [0.717, 1.165) is 5.56 Å². The highest BCUT2D eigenvalue weighted by Gasteiger charge is 2.44. The average Bonchev–Trinajstić information content (AvgIpc) is 3.13. The van der Waals surface area contributed by atoms with E-state index >= 15 is 0 Å². The lowest BCUT2D eigenvalue weighted by molar-refractivity contribution is -0.138. The quantitative estimate of drug-likeness (QED) is 0.698. The number of hydrogen-bond acceptors (Lipinski definition) is 5. The van der Waals surface area contributed by atoms with E-state index in [9.17, 15) is 9.59 Å². The Labute approximate surface area is 141 Å². The van der Waals surface area contributed by atoms with Crippen LogP contribution in [-0.4, -0.2) is 52.3 Å². The molecule has 134 valence electrons. The van der Waals surface area contributed by atoms with Crippen LogP contribution in [0, 0.1) is 5.92 Å². The van der Waals surface area contributed by atoms with Crippen molar-refractivity contribution in [3.8, 4) is 0 Å². The van der Waals surface area contributed by atoms with Crippen LogP contribution < -0.4 is 5.32 Å². The molecule has 24 heavy (non-hydrogen) atoms. The number of nitrogens with zero attached hydrogens (tertiary/aromatic N) is 2. The van der Waals surface area contributed by atoms with E-state index in [2.05, 4.69) is 10.4 Å². The van der Waals surface area contributed by atoms with E-state index in [-0.39, 0.29) is 11.8 Å². The summed E-state index contributed by atoms with van der Waals surface area (Å²) in [6, 6.07) is 0. The number of hydrogen-bond donors (Lipinski definition) is 2. The van der Waals surface area contributed by atoms with Crippen molar-refractivity contribution in [2.24, 2.45) is 5.92 Å². The highest BCUT2D eigenvalue weighted by atomic mass is 16.6. The summed E-state index contributed by atoms with van der Waals surface area (Å²) < 4.78 is 12.3. The summed E-state index contributed by atoms with van der Waals surface area (Å²) in [6.07, 6.45) is 3.82. The van der Waals surface area contributed by atoms with Crippen molar-refractivity contribution in [2.45, 2.75) is 45.3 Å². The third kappa shape index (κ3) is 5.84. The summed E-state index contributed by atoms with van der Waals surface area (Å²) in [6.45, 7) is 7.23. The maximum absolute atomic E-state index is 11.4. The third-order valence-corrected chi connectivity index (χ3v) is 3.57. The molecule has 2 rings (SSSR count). The monoisotopic (exact) mass is 339 g/mol. The van der Waals surface area contributed by atoms with Crippen molar-refractivity contribution in [3.63, 3.8) is 0 Å². The van der Waals surface area contributed by atoms with Gasteiger partial charge in [0.05, 0.1) is 31.9 Å². The van der Waals surface area contributed by atoms with Gasteiger partial charge in [-0.05, 0) is 32.8 Å². The van der Waals surface area contributed by atoms with Gasteiger partial charge in [-0.2, -0.15) is 5.10 Å². The summed E-state index contributed by atoms with van der Waals surface area (Å²) in [5, 5.41) is 15.8. The average molecular weight is 339 g/mol. The zero-order valence-electron chi connectivity index (χ0n) is 14.3. The number of carboxylic acids is 1. The fraction of sp³-hybridized carbons (Fsp3) is 0.688. The predicted molar refractivity (Wildman–Crippen MR) is 85.8 cm³/mol. The van der Waals surface area contributed by atoms with E-state index < -0.39 is 17.7 Å². The summed E-state index contributed by atoms with van der Waals surface area (Å²) >= 11 is 0. The maximum Gasteiger partial charge on any atom is 0.407 e. The van der Waals surface area contributed by atoms with Crippen molar-refractivity contribution < 1.29 is 24.2 Å². The first-order valence-electron chi connectivity index (χ1n) is 8.06. The molecule has 1 aromatic heterocycles. The zero-order valence-corrected chi connectivity index (χ0v) is 14.3. The number of rotatable bonds is 8. The van der Waals surface area contributed by atoms with Gasteiger partial charge < -0.3 is 19.9 Å². The van der Waals surface area contributed by atoms with Crippen LogP contribution in [0.15, 0.2) is 12.4 Å². The number of alkyl carbamates (subject to hydrolysis) is 1. The zero-order chi connectivity index (χ0) is 17.7. The molecule has 1 heterocycles. The van der Waals surface area contributed by atoms with Gasteiger partial charge in [0, 0.05) is 18.7 Å². The number of carboxylic acid groups (broad SMARTS) is 1. The molecule has 0 aliphatic heterocycles. The molecule has 8 heteroatoms. The van der Waals surface area contributed by atoms with Crippen molar-refractivity contribution in [1.29, 1.82) is 0 Å². The van der Waals surface area contributed by atoms with Gasteiger partial charge in [0.1, 0.15) is 5.60 Å². The lowest BCUT2D eigenvalue weighted by Crippen LogP contribution is -2.34. The van der Waals surface area contributed by atoms with Crippen LogP contribution in [0.2, 0.25) is 0 Å². The van der Waals surface area contributed by atoms with Gasteiger partial charge in [-0.3, -0.25) is 9.48 Å². The van der Waals surface area contributed by atoms with Crippen molar-refractivity contribution in [1.82, 2.24) is 15.1 Å². The highest BCUT2D eigenvalue weighted by Crippen LogP contribution is 2.47. The predicted octanol–water partition coefficient (Wildman–Crippen LogP) is 1.61. The van der Waals surface area contributed by atoms with Crippen molar-refractivity contribution in [3.05, 3.63) is 18.0 Å². The Morgan fingerprint density at radius 3 is 2.79 bits per heavy atom. The Hall–Kier alpha value is -2.09. The second kappa shape index (κ2) is 7.65. The van der Waals surface area contributed by atoms with Crippen molar-refractivity contribution in [2.75, 3.05) is 19.8 Å². The van der Waals surface area contributed by atoms with Crippen LogP contribution in [-0.2, 0) is 20.8 Å².